The molecule has 1 amide bonds. The number of carbonyl (C=O) groups is 1. The van der Waals surface area contributed by atoms with Crippen molar-refractivity contribution in [2.45, 2.75) is 43.8 Å². The first-order valence-corrected chi connectivity index (χ1v) is 11.5. The van der Waals surface area contributed by atoms with E-state index in [-0.39, 0.29) is 5.91 Å². The second-order valence-electron chi connectivity index (χ2n) is 7.41. The zero-order valence-corrected chi connectivity index (χ0v) is 17.2. The van der Waals surface area contributed by atoms with Crippen molar-refractivity contribution in [2.75, 3.05) is 18.0 Å². The van der Waals surface area contributed by atoms with Gasteiger partial charge in [-0.1, -0.05) is 36.0 Å². The standard InChI is InChI=1S/C21H22N4OS2/c22-19-18-15-7-3-4-8-16(15)28-20(18)24-21(23-19)27-12-17(26)25-10-9-13-5-1-2-6-14(13)11-25/h1-2,5-6H,3-4,7-12H2,(H2,22,23,24). The van der Waals surface area contributed by atoms with E-state index in [9.17, 15) is 4.79 Å². The van der Waals surface area contributed by atoms with Gasteiger partial charge < -0.3 is 10.6 Å². The quantitative estimate of drug-likeness (QED) is 0.525. The number of thiophene rings is 1. The molecule has 1 aromatic carbocycles. The third kappa shape index (κ3) is 3.26. The van der Waals surface area contributed by atoms with E-state index in [4.69, 9.17) is 10.7 Å². The molecule has 5 nitrogen and oxygen atoms in total. The van der Waals surface area contributed by atoms with Gasteiger partial charge in [0.2, 0.25) is 5.91 Å². The summed E-state index contributed by atoms with van der Waals surface area (Å²) in [7, 11) is 0. The van der Waals surface area contributed by atoms with Gasteiger partial charge in [-0.05, 0) is 48.8 Å². The van der Waals surface area contributed by atoms with Gasteiger partial charge in [0.1, 0.15) is 10.6 Å². The first kappa shape index (κ1) is 17.9. The van der Waals surface area contributed by atoms with Crippen LogP contribution in [0.1, 0.15) is 34.4 Å². The van der Waals surface area contributed by atoms with Crippen LogP contribution in [-0.4, -0.2) is 33.1 Å². The number of aryl methyl sites for hydroxylation is 2. The van der Waals surface area contributed by atoms with E-state index in [1.54, 1.807) is 11.3 Å². The third-order valence-electron chi connectivity index (χ3n) is 5.63. The molecular formula is C21H22N4OS2. The summed E-state index contributed by atoms with van der Waals surface area (Å²) in [5, 5.41) is 1.65. The Morgan fingerprint density at radius 3 is 2.86 bits per heavy atom. The number of fused-ring (bicyclic) bond motifs is 4. The first-order valence-electron chi connectivity index (χ1n) is 9.74. The maximum atomic E-state index is 12.7. The number of amides is 1. The molecule has 1 aliphatic heterocycles. The Morgan fingerprint density at radius 1 is 1.14 bits per heavy atom. The van der Waals surface area contributed by atoms with Crippen molar-refractivity contribution < 1.29 is 4.79 Å². The molecule has 7 heteroatoms. The molecule has 0 saturated heterocycles. The Bertz CT molecular complexity index is 1060. The minimum absolute atomic E-state index is 0.132. The number of nitrogens with zero attached hydrogens (tertiary/aromatic N) is 3. The molecule has 2 aromatic heterocycles. The molecule has 0 spiro atoms. The number of benzene rings is 1. The summed E-state index contributed by atoms with van der Waals surface area (Å²) in [6.45, 7) is 1.46. The van der Waals surface area contributed by atoms with E-state index in [0.717, 1.165) is 36.0 Å². The van der Waals surface area contributed by atoms with Gasteiger partial charge in [-0.25, -0.2) is 9.97 Å². The highest BCUT2D eigenvalue weighted by atomic mass is 32.2. The van der Waals surface area contributed by atoms with Gasteiger partial charge in [0, 0.05) is 18.0 Å². The van der Waals surface area contributed by atoms with Crippen LogP contribution in [0.15, 0.2) is 29.4 Å². The van der Waals surface area contributed by atoms with Crippen molar-refractivity contribution >= 4 is 45.0 Å². The smallest absolute Gasteiger partial charge is 0.233 e. The lowest BCUT2D eigenvalue weighted by Crippen LogP contribution is -2.37. The van der Waals surface area contributed by atoms with E-state index < -0.39 is 0 Å². The number of anilines is 1. The summed E-state index contributed by atoms with van der Waals surface area (Å²) in [4.78, 5) is 26.2. The zero-order chi connectivity index (χ0) is 19.1. The molecule has 0 radical (unpaired) electrons. The molecule has 0 saturated carbocycles. The molecule has 144 valence electrons. The molecule has 0 bridgehead atoms. The molecule has 2 N–H and O–H groups in total. The molecule has 3 aromatic rings. The number of nitrogens with two attached hydrogens (primary N) is 1. The fourth-order valence-electron chi connectivity index (χ4n) is 4.16. The van der Waals surface area contributed by atoms with Gasteiger partial charge in [0.15, 0.2) is 5.16 Å². The van der Waals surface area contributed by atoms with Crippen LogP contribution < -0.4 is 5.73 Å². The Kier molecular flexibility index (Phi) is 4.72. The summed E-state index contributed by atoms with van der Waals surface area (Å²) in [5.41, 5.74) is 10.2. The van der Waals surface area contributed by atoms with Crippen LogP contribution in [0.5, 0.6) is 0 Å². The monoisotopic (exact) mass is 410 g/mol. The van der Waals surface area contributed by atoms with Crippen LogP contribution in [0, 0.1) is 0 Å². The van der Waals surface area contributed by atoms with E-state index in [1.807, 2.05) is 11.0 Å². The summed E-state index contributed by atoms with van der Waals surface area (Å²) >= 11 is 3.13. The summed E-state index contributed by atoms with van der Waals surface area (Å²) in [6, 6.07) is 8.36. The van der Waals surface area contributed by atoms with Crippen molar-refractivity contribution in [3.05, 3.63) is 45.8 Å². The first-order chi connectivity index (χ1) is 13.7. The van der Waals surface area contributed by atoms with Crippen molar-refractivity contribution in [1.82, 2.24) is 14.9 Å². The SMILES string of the molecule is Nc1nc(SCC(=O)N2CCc3ccccc3C2)nc2sc3c(c12)CCCC3. The predicted octanol–water partition coefficient (Wildman–Crippen LogP) is 3.83. The van der Waals surface area contributed by atoms with Crippen LogP contribution in [0.25, 0.3) is 10.2 Å². The number of nitrogen functional groups attached to an aromatic ring is 1. The summed E-state index contributed by atoms with van der Waals surface area (Å²) in [6.07, 6.45) is 5.56. The number of hydrogen-bond acceptors (Lipinski definition) is 6. The molecular weight excluding hydrogens is 388 g/mol. The lowest BCUT2D eigenvalue weighted by Gasteiger charge is -2.28. The largest absolute Gasteiger partial charge is 0.383 e. The highest BCUT2D eigenvalue weighted by Gasteiger charge is 2.22. The average molecular weight is 411 g/mol. The van der Waals surface area contributed by atoms with Gasteiger partial charge in [0.05, 0.1) is 11.1 Å². The minimum atomic E-state index is 0.132. The van der Waals surface area contributed by atoms with Crippen molar-refractivity contribution in [3.8, 4) is 0 Å². The van der Waals surface area contributed by atoms with Gasteiger partial charge in [-0.2, -0.15) is 0 Å². The normalized spacial score (nSPS) is 16.1. The van der Waals surface area contributed by atoms with E-state index >= 15 is 0 Å². The molecule has 5 rings (SSSR count). The van der Waals surface area contributed by atoms with Crippen molar-refractivity contribution in [1.29, 1.82) is 0 Å². The van der Waals surface area contributed by atoms with Gasteiger partial charge >= 0.3 is 0 Å². The van der Waals surface area contributed by atoms with Crippen LogP contribution >= 0.6 is 23.1 Å². The Hall–Kier alpha value is -2.12. The summed E-state index contributed by atoms with van der Waals surface area (Å²) in [5.74, 6) is 1.04. The third-order valence-corrected chi connectivity index (χ3v) is 7.65. The molecule has 28 heavy (non-hydrogen) atoms. The zero-order valence-electron chi connectivity index (χ0n) is 15.6. The second kappa shape index (κ2) is 7.37. The highest BCUT2D eigenvalue weighted by molar-refractivity contribution is 7.99. The number of hydrogen-bond donors (Lipinski definition) is 1. The Morgan fingerprint density at radius 2 is 1.96 bits per heavy atom. The minimum Gasteiger partial charge on any atom is -0.383 e. The average Bonchev–Trinajstić information content (AvgIpc) is 3.10. The Balaban J connectivity index is 1.30. The maximum Gasteiger partial charge on any atom is 0.233 e. The molecule has 3 heterocycles. The van der Waals surface area contributed by atoms with E-state index in [2.05, 4.69) is 23.2 Å². The lowest BCUT2D eigenvalue weighted by atomic mass is 9.97. The molecule has 2 aliphatic rings. The number of carbonyl (C=O) groups excluding carboxylic acids is 1. The van der Waals surface area contributed by atoms with Crippen LogP contribution in [0.3, 0.4) is 0 Å². The molecule has 1 aliphatic carbocycles. The predicted molar refractivity (Wildman–Crippen MR) is 115 cm³/mol. The fourth-order valence-corrected chi connectivity index (χ4v) is 6.24. The van der Waals surface area contributed by atoms with Crippen molar-refractivity contribution in [3.63, 3.8) is 0 Å². The number of aromatic nitrogens is 2. The van der Waals surface area contributed by atoms with Crippen LogP contribution in [-0.2, 0) is 30.6 Å². The molecule has 0 atom stereocenters. The highest BCUT2D eigenvalue weighted by Crippen LogP contribution is 2.38. The van der Waals surface area contributed by atoms with Gasteiger partial charge in [0.25, 0.3) is 0 Å². The lowest BCUT2D eigenvalue weighted by molar-refractivity contribution is -0.129. The van der Waals surface area contributed by atoms with Crippen molar-refractivity contribution in [2.24, 2.45) is 0 Å². The van der Waals surface area contributed by atoms with Crippen LogP contribution in [0.4, 0.5) is 5.82 Å². The maximum absolute atomic E-state index is 12.7. The van der Waals surface area contributed by atoms with E-state index in [1.165, 1.54) is 46.2 Å². The van der Waals surface area contributed by atoms with E-state index in [0.29, 0.717) is 23.3 Å². The summed E-state index contributed by atoms with van der Waals surface area (Å²) < 4.78 is 0. The molecule has 0 unspecified atom stereocenters. The molecule has 0 fully saturated rings. The second-order valence-corrected chi connectivity index (χ2v) is 9.43. The topological polar surface area (TPSA) is 72.1 Å². The van der Waals surface area contributed by atoms with Gasteiger partial charge in [-0.15, -0.1) is 11.3 Å². The number of rotatable bonds is 3. The van der Waals surface area contributed by atoms with Gasteiger partial charge in [-0.3, -0.25) is 4.79 Å². The number of thioether (sulfide) groups is 1. The Labute approximate surface area is 172 Å². The van der Waals surface area contributed by atoms with Crippen LogP contribution in [0.2, 0.25) is 0 Å². The fraction of sp³-hybridized carbons (Fsp3) is 0.381.